The van der Waals surface area contributed by atoms with Gasteiger partial charge >= 0.3 is 11.9 Å². The fourth-order valence-electron chi connectivity index (χ4n) is 6.20. The van der Waals surface area contributed by atoms with Crippen molar-refractivity contribution in [1.29, 1.82) is 0 Å². The molecule has 0 spiro atoms. The summed E-state index contributed by atoms with van der Waals surface area (Å²) in [5, 5.41) is 9.58. The Kier molecular flexibility index (Phi) is 41.5. The summed E-state index contributed by atoms with van der Waals surface area (Å²) >= 11 is 0. The predicted octanol–water partition coefficient (Wildman–Crippen LogP) is 14.2. The number of aliphatic hydroxyl groups excluding tert-OH is 1. The molecule has 0 amide bonds. The third kappa shape index (κ3) is 40.6. The van der Waals surface area contributed by atoms with E-state index in [9.17, 15) is 14.7 Å². The molecule has 0 aromatic carbocycles. The Hall–Kier alpha value is -2.14. The smallest absolute Gasteiger partial charge is 0.306 e. The largest absolute Gasteiger partial charge is 0.462 e. The quantitative estimate of drug-likeness (QED) is 0.0386. The van der Waals surface area contributed by atoms with E-state index in [4.69, 9.17) is 9.47 Å². The molecule has 0 aromatic heterocycles. The molecular formula is C47H84O5. The topological polar surface area (TPSA) is 72.8 Å². The van der Waals surface area contributed by atoms with Gasteiger partial charge in [0.2, 0.25) is 0 Å². The zero-order valence-corrected chi connectivity index (χ0v) is 34.3. The third-order valence-corrected chi connectivity index (χ3v) is 9.60. The van der Waals surface area contributed by atoms with E-state index in [1.54, 1.807) is 0 Å². The van der Waals surface area contributed by atoms with Gasteiger partial charge in [0.25, 0.3) is 0 Å². The Morgan fingerprint density at radius 2 is 0.769 bits per heavy atom. The molecule has 5 heteroatoms. The number of rotatable bonds is 40. The van der Waals surface area contributed by atoms with Crippen molar-refractivity contribution in [3.63, 3.8) is 0 Å². The maximum atomic E-state index is 12.2. The van der Waals surface area contributed by atoms with Gasteiger partial charge < -0.3 is 14.6 Å². The van der Waals surface area contributed by atoms with Crippen LogP contribution in [0.25, 0.3) is 0 Å². The van der Waals surface area contributed by atoms with Crippen LogP contribution in [0, 0.1) is 0 Å². The first-order valence-electron chi connectivity index (χ1n) is 22.2. The minimum absolute atomic E-state index is 0.0775. The molecule has 302 valence electrons. The minimum Gasteiger partial charge on any atom is -0.462 e. The van der Waals surface area contributed by atoms with Gasteiger partial charge in [-0.1, -0.05) is 178 Å². The maximum Gasteiger partial charge on any atom is 0.306 e. The number of ether oxygens (including phenoxy) is 2. The molecule has 1 atom stereocenters. The highest BCUT2D eigenvalue weighted by atomic mass is 16.6. The molecule has 0 bridgehead atoms. The summed E-state index contributed by atoms with van der Waals surface area (Å²) in [6.07, 6.45) is 54.6. The molecule has 52 heavy (non-hydrogen) atoms. The second-order valence-corrected chi connectivity index (χ2v) is 14.8. The highest BCUT2D eigenvalue weighted by molar-refractivity contribution is 5.70. The molecular weight excluding hydrogens is 645 g/mol. The number of carbonyl (C=O) groups is 2. The highest BCUT2D eigenvalue weighted by Crippen LogP contribution is 2.14. The number of hydrogen-bond acceptors (Lipinski definition) is 5. The van der Waals surface area contributed by atoms with E-state index in [0.29, 0.717) is 12.8 Å². The van der Waals surface area contributed by atoms with Crippen LogP contribution >= 0.6 is 0 Å². The lowest BCUT2D eigenvalue weighted by Crippen LogP contribution is -2.28. The molecule has 0 aliphatic rings. The van der Waals surface area contributed by atoms with Gasteiger partial charge in [-0.2, -0.15) is 0 Å². The van der Waals surface area contributed by atoms with E-state index in [1.807, 2.05) is 0 Å². The molecule has 0 saturated carbocycles. The first kappa shape index (κ1) is 49.9. The van der Waals surface area contributed by atoms with E-state index in [1.165, 1.54) is 128 Å². The standard InChI is InChI=1S/C47H84O5/c1-3-5-7-9-11-13-15-17-19-21-22-23-24-26-28-30-32-34-36-38-40-42-47(50)52-45(43-48)44-51-46(49)41-39-37-35-33-31-29-27-25-20-18-16-14-12-10-8-6-4-2/h12,14,17-20,27,29,45,48H,3-11,13,15-16,21-26,28,30-44H2,1-2H3. The van der Waals surface area contributed by atoms with Crippen molar-refractivity contribution in [2.45, 2.75) is 225 Å². The van der Waals surface area contributed by atoms with E-state index < -0.39 is 6.10 Å². The van der Waals surface area contributed by atoms with Gasteiger partial charge in [0.15, 0.2) is 6.10 Å². The van der Waals surface area contributed by atoms with Gasteiger partial charge in [-0.3, -0.25) is 9.59 Å². The van der Waals surface area contributed by atoms with Crippen LogP contribution in [0.3, 0.4) is 0 Å². The Morgan fingerprint density at radius 1 is 0.442 bits per heavy atom. The van der Waals surface area contributed by atoms with Crippen molar-refractivity contribution in [3.8, 4) is 0 Å². The van der Waals surface area contributed by atoms with Gasteiger partial charge in [-0.05, 0) is 77.0 Å². The molecule has 0 radical (unpaired) electrons. The zero-order valence-electron chi connectivity index (χ0n) is 34.3. The molecule has 1 N–H and O–H groups in total. The van der Waals surface area contributed by atoms with E-state index in [2.05, 4.69) is 62.5 Å². The van der Waals surface area contributed by atoms with Crippen LogP contribution in [0.2, 0.25) is 0 Å². The van der Waals surface area contributed by atoms with Gasteiger partial charge in [0.05, 0.1) is 6.61 Å². The lowest BCUT2D eigenvalue weighted by molar-refractivity contribution is -0.161. The predicted molar refractivity (Wildman–Crippen MR) is 224 cm³/mol. The molecule has 5 nitrogen and oxygen atoms in total. The molecule has 1 unspecified atom stereocenters. The number of esters is 2. The van der Waals surface area contributed by atoms with Gasteiger partial charge in [-0.15, -0.1) is 0 Å². The minimum atomic E-state index is -0.781. The zero-order chi connectivity index (χ0) is 37.8. The van der Waals surface area contributed by atoms with Crippen LogP contribution in [0.1, 0.15) is 219 Å². The number of unbranched alkanes of at least 4 members (excludes halogenated alkanes) is 24. The van der Waals surface area contributed by atoms with Crippen molar-refractivity contribution < 1.29 is 24.2 Å². The Balaban J connectivity index is 3.56. The van der Waals surface area contributed by atoms with Crippen LogP contribution in [-0.4, -0.2) is 36.4 Å². The van der Waals surface area contributed by atoms with Crippen molar-refractivity contribution in [1.82, 2.24) is 0 Å². The highest BCUT2D eigenvalue weighted by Gasteiger charge is 2.16. The van der Waals surface area contributed by atoms with Gasteiger partial charge in [-0.25, -0.2) is 0 Å². The van der Waals surface area contributed by atoms with Crippen LogP contribution in [0.4, 0.5) is 0 Å². The monoisotopic (exact) mass is 729 g/mol. The first-order chi connectivity index (χ1) is 25.6. The van der Waals surface area contributed by atoms with Crippen LogP contribution < -0.4 is 0 Å². The summed E-state index contributed by atoms with van der Waals surface area (Å²) in [7, 11) is 0. The Morgan fingerprint density at radius 3 is 1.21 bits per heavy atom. The molecule has 0 rings (SSSR count). The summed E-state index contributed by atoms with van der Waals surface area (Å²) in [5.74, 6) is -0.613. The second-order valence-electron chi connectivity index (χ2n) is 14.8. The SMILES string of the molecule is CCCCCC=CCC=CCC=CCCCCCCC(=O)OCC(CO)OC(=O)CCCCCCCCCCCCCC=CCCCCCCCC. The van der Waals surface area contributed by atoms with E-state index in [0.717, 1.165) is 64.2 Å². The first-order valence-corrected chi connectivity index (χ1v) is 22.2. The molecule has 0 aliphatic carbocycles. The van der Waals surface area contributed by atoms with E-state index in [-0.39, 0.29) is 25.2 Å². The summed E-state index contributed by atoms with van der Waals surface area (Å²) in [6, 6.07) is 0. The Labute approximate surface area is 322 Å². The van der Waals surface area contributed by atoms with Crippen molar-refractivity contribution in [2.75, 3.05) is 13.2 Å². The molecule has 0 aromatic rings. The maximum absolute atomic E-state index is 12.2. The van der Waals surface area contributed by atoms with Crippen molar-refractivity contribution in [3.05, 3.63) is 48.6 Å². The third-order valence-electron chi connectivity index (χ3n) is 9.60. The molecule has 0 saturated heterocycles. The van der Waals surface area contributed by atoms with Crippen molar-refractivity contribution >= 4 is 11.9 Å². The lowest BCUT2D eigenvalue weighted by atomic mass is 10.0. The summed E-state index contributed by atoms with van der Waals surface area (Å²) in [6.45, 7) is 4.10. The number of hydrogen-bond donors (Lipinski definition) is 1. The fraction of sp³-hybridized carbons (Fsp3) is 0.787. The van der Waals surface area contributed by atoms with Crippen LogP contribution in [0.15, 0.2) is 48.6 Å². The second kappa shape index (κ2) is 43.3. The fourth-order valence-corrected chi connectivity index (χ4v) is 6.20. The lowest BCUT2D eigenvalue weighted by Gasteiger charge is -2.15. The van der Waals surface area contributed by atoms with Gasteiger partial charge in [0.1, 0.15) is 6.61 Å². The molecule has 0 aliphatic heterocycles. The Bertz CT molecular complexity index is 873. The van der Waals surface area contributed by atoms with Crippen LogP contribution in [0.5, 0.6) is 0 Å². The summed E-state index contributed by atoms with van der Waals surface area (Å²) in [5.41, 5.74) is 0. The average Bonchev–Trinajstić information content (AvgIpc) is 3.15. The summed E-state index contributed by atoms with van der Waals surface area (Å²) < 4.78 is 10.6. The van der Waals surface area contributed by atoms with Crippen LogP contribution in [-0.2, 0) is 19.1 Å². The number of aliphatic hydroxyl groups is 1. The van der Waals surface area contributed by atoms with Gasteiger partial charge in [0, 0.05) is 12.8 Å². The number of carbonyl (C=O) groups excluding carboxylic acids is 2. The molecule has 0 fully saturated rings. The normalized spacial score (nSPS) is 12.6. The van der Waals surface area contributed by atoms with Crippen molar-refractivity contribution in [2.24, 2.45) is 0 Å². The number of allylic oxidation sites excluding steroid dienone is 8. The van der Waals surface area contributed by atoms with E-state index >= 15 is 0 Å². The molecule has 0 heterocycles. The average molecular weight is 729 g/mol. The summed E-state index contributed by atoms with van der Waals surface area (Å²) in [4.78, 5) is 24.3.